The van der Waals surface area contributed by atoms with Crippen molar-refractivity contribution >= 4 is 5.97 Å². The molecule has 0 bridgehead atoms. The van der Waals surface area contributed by atoms with Gasteiger partial charge in [0.05, 0.1) is 6.20 Å². The highest BCUT2D eigenvalue weighted by Crippen LogP contribution is 2.18. The minimum Gasteiger partial charge on any atom is -0.332 e. The van der Waals surface area contributed by atoms with Crippen LogP contribution in [0.2, 0.25) is 0 Å². The molecular formula is C14H13NO2. The smallest absolute Gasteiger partial charge is 0.332 e. The molecule has 2 aromatic rings. The third kappa shape index (κ3) is 2.64. The Kier molecular flexibility index (Phi) is 3.10. The Morgan fingerprint density at radius 3 is 2.53 bits per heavy atom. The molecule has 3 nitrogen and oxygen atoms in total. The van der Waals surface area contributed by atoms with Gasteiger partial charge in [-0.2, -0.15) is 4.73 Å². The Morgan fingerprint density at radius 1 is 1.18 bits per heavy atom. The third-order valence-corrected chi connectivity index (χ3v) is 2.31. The van der Waals surface area contributed by atoms with Gasteiger partial charge in [-0.3, -0.25) is 0 Å². The monoisotopic (exact) mass is 227 g/mol. The summed E-state index contributed by atoms with van der Waals surface area (Å²) in [4.78, 5) is 16.4. The van der Waals surface area contributed by atoms with Crippen LogP contribution in [0.5, 0.6) is 0 Å². The average molecular weight is 227 g/mol. The first kappa shape index (κ1) is 11.2. The first-order valence-corrected chi connectivity index (χ1v) is 5.28. The zero-order valence-corrected chi connectivity index (χ0v) is 9.59. The number of rotatable bonds is 3. The van der Waals surface area contributed by atoms with Gasteiger partial charge in [0.1, 0.15) is 0 Å². The predicted octanol–water partition coefficient (Wildman–Crippen LogP) is 2.69. The lowest BCUT2D eigenvalue weighted by atomic mass is 10.1. The van der Waals surface area contributed by atoms with Crippen molar-refractivity contribution in [1.29, 1.82) is 0 Å². The first-order valence-electron chi connectivity index (χ1n) is 5.28. The van der Waals surface area contributed by atoms with Gasteiger partial charge in [-0.15, -0.1) is 0 Å². The maximum absolute atomic E-state index is 11.3. The lowest BCUT2D eigenvalue weighted by molar-refractivity contribution is -0.139. The molecule has 3 heteroatoms. The predicted molar refractivity (Wildman–Crippen MR) is 66.3 cm³/mol. The second kappa shape index (κ2) is 4.70. The zero-order chi connectivity index (χ0) is 12.3. The van der Waals surface area contributed by atoms with Gasteiger partial charge < -0.3 is 4.84 Å². The van der Waals surface area contributed by atoms with E-state index < -0.39 is 5.97 Å². The summed E-state index contributed by atoms with van der Waals surface area (Å²) in [5, 5.41) is 0. The van der Waals surface area contributed by atoms with E-state index in [9.17, 15) is 4.79 Å². The average Bonchev–Trinajstić information content (AvgIpc) is 2.78. The largest absolute Gasteiger partial charge is 0.358 e. The van der Waals surface area contributed by atoms with Crippen molar-refractivity contribution in [3.8, 4) is 11.1 Å². The van der Waals surface area contributed by atoms with Gasteiger partial charge in [0.2, 0.25) is 0 Å². The fourth-order valence-corrected chi connectivity index (χ4v) is 1.41. The van der Waals surface area contributed by atoms with E-state index in [0.29, 0.717) is 5.57 Å². The van der Waals surface area contributed by atoms with Gasteiger partial charge in [0.25, 0.3) is 0 Å². The lowest BCUT2D eigenvalue weighted by Crippen LogP contribution is -2.18. The van der Waals surface area contributed by atoms with E-state index in [0.717, 1.165) is 11.1 Å². The van der Waals surface area contributed by atoms with Gasteiger partial charge in [0.15, 0.2) is 0 Å². The van der Waals surface area contributed by atoms with E-state index >= 15 is 0 Å². The fourth-order valence-electron chi connectivity index (χ4n) is 1.41. The molecule has 0 aliphatic carbocycles. The molecule has 0 spiro atoms. The molecule has 0 amide bonds. The van der Waals surface area contributed by atoms with E-state index in [2.05, 4.69) is 6.58 Å². The van der Waals surface area contributed by atoms with Crippen molar-refractivity contribution in [3.63, 3.8) is 0 Å². The number of hydrogen-bond donors (Lipinski definition) is 0. The molecule has 2 rings (SSSR count). The number of carbonyl (C=O) groups excluding carboxylic acids is 1. The molecule has 0 aliphatic heterocycles. The van der Waals surface area contributed by atoms with Crippen molar-refractivity contribution < 1.29 is 9.63 Å². The maximum Gasteiger partial charge on any atom is 0.358 e. The Labute approximate surface area is 99.9 Å². The molecule has 0 saturated carbocycles. The van der Waals surface area contributed by atoms with Crippen LogP contribution in [0.4, 0.5) is 0 Å². The Hall–Kier alpha value is -2.29. The van der Waals surface area contributed by atoms with Gasteiger partial charge in [0, 0.05) is 17.3 Å². The first-order chi connectivity index (χ1) is 8.16. The molecule has 0 fully saturated rings. The summed E-state index contributed by atoms with van der Waals surface area (Å²) in [6.45, 7) is 5.14. The Bertz CT molecular complexity index is 540. The molecule has 1 aromatic heterocycles. The molecule has 0 aliphatic rings. The second-order valence-corrected chi connectivity index (χ2v) is 3.79. The van der Waals surface area contributed by atoms with Crippen LogP contribution < -0.4 is 4.84 Å². The number of benzene rings is 1. The van der Waals surface area contributed by atoms with Gasteiger partial charge in [-0.05, 0) is 18.6 Å². The van der Waals surface area contributed by atoms with Crippen LogP contribution in [-0.4, -0.2) is 10.7 Å². The number of nitrogens with zero attached hydrogens (tertiary/aromatic N) is 1. The summed E-state index contributed by atoms with van der Waals surface area (Å²) in [6, 6.07) is 11.8. The van der Waals surface area contributed by atoms with Gasteiger partial charge in [-0.1, -0.05) is 36.9 Å². The summed E-state index contributed by atoms with van der Waals surface area (Å²) in [5.74, 6) is -0.430. The van der Waals surface area contributed by atoms with Crippen LogP contribution >= 0.6 is 0 Å². The van der Waals surface area contributed by atoms with E-state index in [4.69, 9.17) is 4.84 Å². The Balaban J connectivity index is 2.17. The SMILES string of the molecule is C=C(C)C(=O)On1ccc(-c2ccccc2)c1. The van der Waals surface area contributed by atoms with Gasteiger partial charge >= 0.3 is 5.97 Å². The molecule has 1 heterocycles. The molecule has 0 N–H and O–H groups in total. The molecule has 0 atom stereocenters. The summed E-state index contributed by atoms with van der Waals surface area (Å²) < 4.78 is 1.39. The number of hydrogen-bond acceptors (Lipinski definition) is 2. The molecule has 1 aromatic carbocycles. The lowest BCUT2D eigenvalue weighted by Gasteiger charge is -2.02. The molecule has 17 heavy (non-hydrogen) atoms. The summed E-state index contributed by atoms with van der Waals surface area (Å²) in [7, 11) is 0. The zero-order valence-electron chi connectivity index (χ0n) is 9.59. The minimum absolute atomic E-state index is 0.375. The second-order valence-electron chi connectivity index (χ2n) is 3.79. The normalized spacial score (nSPS) is 9.94. The summed E-state index contributed by atoms with van der Waals surface area (Å²) in [5.41, 5.74) is 2.46. The molecule has 0 unspecified atom stereocenters. The highest BCUT2D eigenvalue weighted by Gasteiger charge is 2.06. The van der Waals surface area contributed by atoms with Gasteiger partial charge in [-0.25, -0.2) is 4.79 Å². The van der Waals surface area contributed by atoms with Crippen LogP contribution in [0.1, 0.15) is 6.92 Å². The van der Waals surface area contributed by atoms with E-state index in [1.165, 1.54) is 4.73 Å². The molecule has 86 valence electrons. The molecule has 0 saturated heterocycles. The van der Waals surface area contributed by atoms with Crippen LogP contribution in [0.25, 0.3) is 11.1 Å². The van der Waals surface area contributed by atoms with E-state index in [1.807, 2.05) is 36.4 Å². The Morgan fingerprint density at radius 2 is 1.88 bits per heavy atom. The summed E-state index contributed by atoms with van der Waals surface area (Å²) >= 11 is 0. The van der Waals surface area contributed by atoms with Crippen LogP contribution in [0.3, 0.4) is 0 Å². The maximum atomic E-state index is 11.3. The van der Waals surface area contributed by atoms with E-state index in [-0.39, 0.29) is 0 Å². The molecular weight excluding hydrogens is 214 g/mol. The van der Waals surface area contributed by atoms with Crippen LogP contribution in [0, 0.1) is 0 Å². The van der Waals surface area contributed by atoms with E-state index in [1.54, 1.807) is 19.3 Å². The number of aromatic nitrogens is 1. The minimum atomic E-state index is -0.430. The highest BCUT2D eigenvalue weighted by atomic mass is 16.7. The third-order valence-electron chi connectivity index (χ3n) is 2.31. The summed E-state index contributed by atoms with van der Waals surface area (Å²) in [6.07, 6.45) is 3.46. The van der Waals surface area contributed by atoms with Crippen LogP contribution in [0.15, 0.2) is 60.9 Å². The molecule has 0 radical (unpaired) electrons. The highest BCUT2D eigenvalue weighted by molar-refractivity contribution is 5.87. The number of carbonyl (C=O) groups is 1. The van der Waals surface area contributed by atoms with Crippen molar-refractivity contribution in [3.05, 3.63) is 60.9 Å². The van der Waals surface area contributed by atoms with Crippen LogP contribution in [-0.2, 0) is 4.79 Å². The van der Waals surface area contributed by atoms with Crippen molar-refractivity contribution in [2.45, 2.75) is 6.92 Å². The quantitative estimate of drug-likeness (QED) is 0.755. The van der Waals surface area contributed by atoms with Crippen molar-refractivity contribution in [2.24, 2.45) is 0 Å². The topological polar surface area (TPSA) is 31.2 Å². The van der Waals surface area contributed by atoms with Crippen molar-refractivity contribution in [1.82, 2.24) is 4.73 Å². The van der Waals surface area contributed by atoms with Crippen molar-refractivity contribution in [2.75, 3.05) is 0 Å². The fraction of sp³-hybridized carbons (Fsp3) is 0.0714. The standard InChI is InChI=1S/C14H13NO2/c1-11(2)14(16)17-15-9-8-13(10-15)12-6-4-3-5-7-12/h3-10H,1H2,2H3.